The lowest BCUT2D eigenvalue weighted by molar-refractivity contribution is -0.304. The fourth-order valence-electron chi connectivity index (χ4n) is 6.09. The zero-order valence-electron chi connectivity index (χ0n) is 29.0. The van der Waals surface area contributed by atoms with Gasteiger partial charge in [0.1, 0.15) is 11.5 Å². The molecule has 0 saturated heterocycles. The van der Waals surface area contributed by atoms with Gasteiger partial charge in [-0.05, 0) is 108 Å². The molecule has 0 amide bonds. The lowest BCUT2D eigenvalue weighted by atomic mass is 10.1. The molecule has 2 aliphatic heterocycles. The molecule has 5 heteroatoms. The van der Waals surface area contributed by atoms with Gasteiger partial charge in [0.25, 0.3) is 0 Å². The Morgan fingerprint density at radius 3 is 1.19 bits per heavy atom. The zero-order chi connectivity index (χ0) is 30.9. The van der Waals surface area contributed by atoms with Crippen molar-refractivity contribution in [3.8, 4) is 11.5 Å². The maximum Gasteiger partial charge on any atom is 0.371 e. The minimum absolute atomic E-state index is 0.665. The molecule has 0 spiro atoms. The molecule has 0 aliphatic carbocycles. The van der Waals surface area contributed by atoms with Crippen LogP contribution in [0, 0.1) is 0 Å². The highest BCUT2D eigenvalue weighted by Gasteiger charge is 2.38. The Kier molecular flexibility index (Phi) is 22.0. The Bertz CT molecular complexity index is 707. The second kappa shape index (κ2) is 25.0. The van der Waals surface area contributed by atoms with E-state index < -0.39 is 5.97 Å². The largest absolute Gasteiger partial charge is 0.430 e. The molecule has 0 fully saturated rings. The van der Waals surface area contributed by atoms with Crippen LogP contribution >= 0.6 is 0 Å². The first-order chi connectivity index (χ1) is 21.1. The van der Waals surface area contributed by atoms with Gasteiger partial charge in [0, 0.05) is 0 Å². The Hall–Kier alpha value is -1.30. The molecule has 2 aliphatic rings. The van der Waals surface area contributed by atoms with Gasteiger partial charge < -0.3 is 24.0 Å². The topological polar surface area (TPSA) is 34.2 Å². The summed E-state index contributed by atoms with van der Waals surface area (Å²) in [4.78, 5) is 5.38. The molecular formula is C38H70N2O3. The van der Waals surface area contributed by atoms with E-state index in [1.807, 2.05) is 24.3 Å². The van der Waals surface area contributed by atoms with Gasteiger partial charge in [0.2, 0.25) is 0 Å². The molecule has 0 saturated carbocycles. The first kappa shape index (κ1) is 37.9. The number of ether oxygens (including phenoxy) is 3. The Balaban J connectivity index is 1.86. The third-order valence-corrected chi connectivity index (χ3v) is 8.83. The van der Waals surface area contributed by atoms with E-state index in [0.29, 0.717) is 6.61 Å². The molecule has 1 aromatic carbocycles. The van der Waals surface area contributed by atoms with Crippen LogP contribution in [0.3, 0.4) is 0 Å². The van der Waals surface area contributed by atoms with Crippen LogP contribution in [0.25, 0.3) is 0 Å². The third-order valence-electron chi connectivity index (χ3n) is 8.83. The molecule has 0 atom stereocenters. The summed E-state index contributed by atoms with van der Waals surface area (Å²) < 4.78 is 19.4. The Morgan fingerprint density at radius 1 is 0.465 bits per heavy atom. The summed E-state index contributed by atoms with van der Waals surface area (Å²) in [5.41, 5.74) is 0. The summed E-state index contributed by atoms with van der Waals surface area (Å²) in [6, 6.07) is 8.01. The van der Waals surface area contributed by atoms with Crippen molar-refractivity contribution in [1.82, 2.24) is 9.80 Å². The van der Waals surface area contributed by atoms with Crippen molar-refractivity contribution >= 4 is 0 Å². The van der Waals surface area contributed by atoms with Crippen LogP contribution in [-0.4, -0.2) is 61.6 Å². The molecule has 0 radical (unpaired) electrons. The van der Waals surface area contributed by atoms with E-state index in [4.69, 9.17) is 14.2 Å². The predicted octanol–water partition coefficient (Wildman–Crippen LogP) is 10.6. The number of nitrogens with zero attached hydrogens (tertiary/aromatic N) is 2. The second-order valence-electron chi connectivity index (χ2n) is 12.9. The van der Waals surface area contributed by atoms with Gasteiger partial charge in [-0.3, -0.25) is 0 Å². The maximum absolute atomic E-state index is 6.54. The highest BCUT2D eigenvalue weighted by Crippen LogP contribution is 2.34. The number of hydrogen-bond acceptors (Lipinski definition) is 5. The normalized spacial score (nSPS) is 13.9. The molecular weight excluding hydrogens is 532 g/mol. The van der Waals surface area contributed by atoms with Crippen LogP contribution in [0.1, 0.15) is 156 Å². The van der Waals surface area contributed by atoms with Crippen molar-refractivity contribution in [2.24, 2.45) is 0 Å². The minimum atomic E-state index is -1.02. The van der Waals surface area contributed by atoms with Crippen molar-refractivity contribution in [2.45, 2.75) is 162 Å². The van der Waals surface area contributed by atoms with Gasteiger partial charge in [-0.2, -0.15) is 0 Å². The second-order valence-corrected chi connectivity index (χ2v) is 12.9. The van der Waals surface area contributed by atoms with Crippen LogP contribution in [-0.2, 0) is 4.74 Å². The van der Waals surface area contributed by atoms with Crippen LogP contribution in [0.5, 0.6) is 11.5 Å². The molecule has 0 N–H and O–H groups in total. The van der Waals surface area contributed by atoms with Gasteiger partial charge >= 0.3 is 5.97 Å². The van der Waals surface area contributed by atoms with E-state index in [2.05, 4.69) is 37.5 Å². The quantitative estimate of drug-likeness (QED) is 0.0818. The molecule has 3 rings (SSSR count). The minimum Gasteiger partial charge on any atom is -0.430 e. The molecule has 0 aromatic heterocycles. The van der Waals surface area contributed by atoms with E-state index in [1.165, 1.54) is 135 Å². The lowest BCUT2D eigenvalue weighted by Gasteiger charge is -2.33. The highest BCUT2D eigenvalue weighted by atomic mass is 16.9. The van der Waals surface area contributed by atoms with Gasteiger partial charge in [-0.25, -0.2) is 0 Å². The molecule has 43 heavy (non-hydrogen) atoms. The van der Waals surface area contributed by atoms with Gasteiger partial charge in [0.15, 0.2) is 0 Å². The average molecular weight is 603 g/mol. The molecule has 2 heterocycles. The van der Waals surface area contributed by atoms with E-state index in [9.17, 15) is 0 Å². The summed E-state index contributed by atoms with van der Waals surface area (Å²) in [7, 11) is 0. The van der Waals surface area contributed by atoms with Crippen molar-refractivity contribution < 1.29 is 14.2 Å². The summed E-state index contributed by atoms with van der Waals surface area (Å²) in [6.45, 7) is 17.0. The number of fused-ring (bicyclic) bond motifs is 4. The van der Waals surface area contributed by atoms with E-state index >= 15 is 0 Å². The first-order valence-electron chi connectivity index (χ1n) is 18.7. The van der Waals surface area contributed by atoms with E-state index in [1.54, 1.807) is 0 Å². The Morgan fingerprint density at radius 2 is 0.814 bits per heavy atom. The van der Waals surface area contributed by atoms with Crippen LogP contribution in [0.4, 0.5) is 0 Å². The number of benzene rings is 1. The number of rotatable bonds is 30. The summed E-state index contributed by atoms with van der Waals surface area (Å²) >= 11 is 0. The summed E-state index contributed by atoms with van der Waals surface area (Å²) in [5.74, 6) is 0.651. The molecule has 0 unspecified atom stereocenters. The van der Waals surface area contributed by atoms with Crippen LogP contribution in [0.15, 0.2) is 24.3 Å². The summed E-state index contributed by atoms with van der Waals surface area (Å²) in [5, 5.41) is 0. The van der Waals surface area contributed by atoms with Crippen molar-refractivity contribution in [2.75, 3.05) is 45.9 Å². The lowest BCUT2D eigenvalue weighted by Crippen LogP contribution is -2.45. The van der Waals surface area contributed by atoms with Gasteiger partial charge in [0.05, 0.1) is 13.0 Å². The number of unbranched alkanes of at least 4 members (excludes halogenated alkanes) is 13. The standard InChI is InChI=1S/C38H70N2O3/c1-5-9-13-17-29-39(30-18-14-10-6-2)33-21-22-35-41-38(42-36-24-25-37(43-38)27-26-36)28-23-34-40(31-19-15-11-7-3)32-20-16-12-8-4/h24-27H,5-23,28-35H2,1-4H3. The summed E-state index contributed by atoms with van der Waals surface area (Å²) in [6.07, 6.45) is 25.2. The van der Waals surface area contributed by atoms with Crippen LogP contribution in [0.2, 0.25) is 0 Å². The van der Waals surface area contributed by atoms with Crippen molar-refractivity contribution in [3.63, 3.8) is 0 Å². The SMILES string of the molecule is CCCCCCN(CCCCCC)CCCCOC1(CCCN(CCCCCC)CCCCCC)Oc2ccc(cc2)O1. The Labute approximate surface area is 267 Å². The fraction of sp³-hybridized carbons (Fsp3) is 0.842. The van der Waals surface area contributed by atoms with E-state index in [0.717, 1.165) is 43.7 Å². The molecule has 250 valence electrons. The third kappa shape index (κ3) is 17.7. The zero-order valence-corrected chi connectivity index (χ0v) is 29.0. The molecule has 2 bridgehead atoms. The van der Waals surface area contributed by atoms with Crippen molar-refractivity contribution in [1.29, 1.82) is 0 Å². The molecule has 1 aromatic rings. The highest BCUT2D eigenvalue weighted by molar-refractivity contribution is 5.33. The van der Waals surface area contributed by atoms with Crippen molar-refractivity contribution in [3.05, 3.63) is 24.3 Å². The maximum atomic E-state index is 6.54. The van der Waals surface area contributed by atoms with Gasteiger partial charge in [-0.15, -0.1) is 0 Å². The predicted molar refractivity (Wildman–Crippen MR) is 184 cm³/mol. The fourth-order valence-corrected chi connectivity index (χ4v) is 6.09. The number of hydrogen-bond donors (Lipinski definition) is 0. The monoisotopic (exact) mass is 603 g/mol. The van der Waals surface area contributed by atoms with E-state index in [-0.39, 0.29) is 0 Å². The van der Waals surface area contributed by atoms with Gasteiger partial charge in [-0.1, -0.05) is 105 Å². The average Bonchev–Trinajstić information content (AvgIpc) is 3.30. The smallest absolute Gasteiger partial charge is 0.371 e. The van der Waals surface area contributed by atoms with Crippen LogP contribution < -0.4 is 9.47 Å². The first-order valence-corrected chi connectivity index (χ1v) is 18.7. The molecule has 5 nitrogen and oxygen atoms in total.